The van der Waals surface area contributed by atoms with E-state index in [-0.39, 0.29) is 17.5 Å². The first-order chi connectivity index (χ1) is 15.5. The van der Waals surface area contributed by atoms with E-state index in [4.69, 9.17) is 0 Å². The smallest absolute Gasteiger partial charge is 0.271 e. The third-order valence-corrected chi connectivity index (χ3v) is 6.18. The topological polar surface area (TPSA) is 81.3 Å². The summed E-state index contributed by atoms with van der Waals surface area (Å²) >= 11 is 0. The van der Waals surface area contributed by atoms with E-state index in [1.165, 1.54) is 12.8 Å². The minimum absolute atomic E-state index is 0.0453. The van der Waals surface area contributed by atoms with E-state index in [2.05, 4.69) is 34.0 Å². The molecule has 2 aliphatic rings. The largest absolute Gasteiger partial charge is 0.362 e. The van der Waals surface area contributed by atoms with E-state index in [9.17, 15) is 9.59 Å². The van der Waals surface area contributed by atoms with Crippen LogP contribution in [0.1, 0.15) is 33.1 Å². The molecule has 0 spiro atoms. The minimum Gasteiger partial charge on any atom is -0.362 e. The normalized spacial score (nSPS) is 18.6. The van der Waals surface area contributed by atoms with Crippen LogP contribution in [0.4, 0.5) is 5.69 Å². The van der Waals surface area contributed by atoms with E-state index in [0.717, 1.165) is 24.1 Å². The number of carbonyl (C=O) groups is 1. The number of hydrogen-bond acceptors (Lipinski definition) is 5. The Kier molecular flexibility index (Phi) is 7.05. The fourth-order valence-electron chi connectivity index (χ4n) is 4.18. The number of likely N-dealkylation sites (tertiary alicyclic amines) is 1. The standard InChI is InChI=1S/C25H33N5O2/c1-18(2)27-10-3-4-24(31)29-13-9-22(17-29)30(16-19-5-6-19)23-14-21(15-28-25(23)32)20-7-11-26-12-8-20/h3-4,7-8,11-12,14-15,18-19,22,27H,5-6,9-10,13,16-17H2,1-2H3,(H,28,32)/b4-3+/t22-/m0/s1. The fourth-order valence-corrected chi connectivity index (χ4v) is 4.18. The summed E-state index contributed by atoms with van der Waals surface area (Å²) in [6.45, 7) is 7.08. The molecule has 0 radical (unpaired) electrons. The Bertz CT molecular complexity index is 997. The summed E-state index contributed by atoms with van der Waals surface area (Å²) in [5.74, 6) is 0.676. The van der Waals surface area contributed by atoms with Crippen molar-refractivity contribution in [2.45, 2.75) is 45.2 Å². The van der Waals surface area contributed by atoms with Gasteiger partial charge in [-0.25, -0.2) is 0 Å². The van der Waals surface area contributed by atoms with Crippen LogP contribution in [0.25, 0.3) is 11.1 Å². The van der Waals surface area contributed by atoms with Crippen LogP contribution in [-0.4, -0.2) is 59.0 Å². The van der Waals surface area contributed by atoms with Crippen molar-refractivity contribution >= 4 is 11.6 Å². The summed E-state index contributed by atoms with van der Waals surface area (Å²) in [6, 6.07) is 6.41. The number of aromatic nitrogens is 2. The van der Waals surface area contributed by atoms with E-state index in [1.54, 1.807) is 24.7 Å². The molecule has 1 saturated carbocycles. The molecule has 0 bridgehead atoms. The molecule has 2 aromatic heterocycles. The van der Waals surface area contributed by atoms with Gasteiger partial charge in [0.2, 0.25) is 5.91 Å². The van der Waals surface area contributed by atoms with Crippen LogP contribution in [0.15, 0.2) is 53.7 Å². The molecule has 2 N–H and O–H groups in total. The maximum absolute atomic E-state index is 12.8. The van der Waals surface area contributed by atoms with Gasteiger partial charge in [0.25, 0.3) is 5.56 Å². The van der Waals surface area contributed by atoms with Crippen molar-refractivity contribution in [2.24, 2.45) is 5.92 Å². The number of rotatable bonds is 9. The molecule has 7 nitrogen and oxygen atoms in total. The molecule has 1 aliphatic heterocycles. The van der Waals surface area contributed by atoms with Crippen molar-refractivity contribution in [3.05, 3.63) is 59.3 Å². The third kappa shape index (κ3) is 5.65. The first kappa shape index (κ1) is 22.3. The first-order valence-corrected chi connectivity index (χ1v) is 11.6. The number of nitrogens with one attached hydrogen (secondary N) is 2. The second-order valence-corrected chi connectivity index (χ2v) is 9.13. The van der Waals surface area contributed by atoms with Crippen LogP contribution < -0.4 is 15.8 Å². The number of anilines is 1. The molecular formula is C25H33N5O2. The summed E-state index contributed by atoms with van der Waals surface area (Å²) in [5.41, 5.74) is 2.61. The van der Waals surface area contributed by atoms with E-state index in [1.807, 2.05) is 29.2 Å². The molecule has 0 aromatic carbocycles. The maximum Gasteiger partial charge on any atom is 0.271 e. The van der Waals surface area contributed by atoms with Gasteiger partial charge >= 0.3 is 0 Å². The lowest BCUT2D eigenvalue weighted by Gasteiger charge is -2.31. The molecule has 32 heavy (non-hydrogen) atoms. The summed E-state index contributed by atoms with van der Waals surface area (Å²) < 4.78 is 0. The Labute approximate surface area is 189 Å². The van der Waals surface area contributed by atoms with Gasteiger partial charge in [-0.15, -0.1) is 0 Å². The summed E-state index contributed by atoms with van der Waals surface area (Å²) in [4.78, 5) is 36.7. The van der Waals surface area contributed by atoms with E-state index >= 15 is 0 Å². The Morgan fingerprint density at radius 3 is 2.78 bits per heavy atom. The second-order valence-electron chi connectivity index (χ2n) is 9.13. The molecule has 0 unspecified atom stereocenters. The molecule has 4 rings (SSSR count). The summed E-state index contributed by atoms with van der Waals surface area (Å²) in [5, 5.41) is 3.29. The van der Waals surface area contributed by atoms with Gasteiger partial charge in [-0.05, 0) is 48.9 Å². The van der Waals surface area contributed by atoms with Crippen molar-refractivity contribution in [3.63, 3.8) is 0 Å². The van der Waals surface area contributed by atoms with Gasteiger partial charge in [0.1, 0.15) is 5.69 Å². The number of nitrogens with zero attached hydrogens (tertiary/aromatic N) is 3. The lowest BCUT2D eigenvalue weighted by molar-refractivity contribution is -0.125. The lowest BCUT2D eigenvalue weighted by atomic mass is 10.1. The molecule has 1 atom stereocenters. The molecular weight excluding hydrogens is 402 g/mol. The Balaban J connectivity index is 1.50. The average molecular weight is 436 g/mol. The summed E-state index contributed by atoms with van der Waals surface area (Å²) in [7, 11) is 0. The van der Waals surface area contributed by atoms with Gasteiger partial charge in [-0.3, -0.25) is 14.6 Å². The van der Waals surface area contributed by atoms with Crippen molar-refractivity contribution < 1.29 is 4.79 Å². The van der Waals surface area contributed by atoms with Crippen molar-refractivity contribution in [1.29, 1.82) is 0 Å². The minimum atomic E-state index is -0.0760. The van der Waals surface area contributed by atoms with Gasteiger partial charge < -0.3 is 20.1 Å². The number of H-pyrrole nitrogens is 1. The van der Waals surface area contributed by atoms with Crippen LogP contribution in [0.5, 0.6) is 0 Å². The highest BCUT2D eigenvalue weighted by Gasteiger charge is 2.34. The SMILES string of the molecule is CC(C)NC/C=C/C(=O)N1CC[C@H](N(CC2CC2)c2cc(-c3ccncc3)c[nH]c2=O)C1. The Morgan fingerprint density at radius 2 is 2.06 bits per heavy atom. The first-order valence-electron chi connectivity index (χ1n) is 11.6. The number of amides is 1. The second kappa shape index (κ2) is 10.1. The molecule has 3 heterocycles. The van der Waals surface area contributed by atoms with Gasteiger partial charge in [-0.1, -0.05) is 19.9 Å². The number of carbonyl (C=O) groups excluding carboxylic acids is 1. The zero-order valence-corrected chi connectivity index (χ0v) is 19.0. The molecule has 2 aromatic rings. The molecule has 1 amide bonds. The number of hydrogen-bond donors (Lipinski definition) is 2. The zero-order chi connectivity index (χ0) is 22.5. The molecule has 1 aliphatic carbocycles. The quantitative estimate of drug-likeness (QED) is 0.592. The van der Waals surface area contributed by atoms with Crippen LogP contribution in [0.3, 0.4) is 0 Å². The molecule has 2 fully saturated rings. The molecule has 1 saturated heterocycles. The van der Waals surface area contributed by atoms with Crippen LogP contribution >= 0.6 is 0 Å². The van der Waals surface area contributed by atoms with Gasteiger partial charge in [0.15, 0.2) is 0 Å². The Hall–Kier alpha value is -2.93. The van der Waals surface area contributed by atoms with Crippen molar-refractivity contribution in [3.8, 4) is 11.1 Å². The average Bonchev–Trinajstić information content (AvgIpc) is 3.49. The van der Waals surface area contributed by atoms with Crippen LogP contribution in [0, 0.1) is 5.92 Å². The predicted octanol–water partition coefficient (Wildman–Crippen LogP) is 2.81. The van der Waals surface area contributed by atoms with Gasteiger partial charge in [0.05, 0.1) is 0 Å². The van der Waals surface area contributed by atoms with E-state index in [0.29, 0.717) is 37.3 Å². The van der Waals surface area contributed by atoms with Crippen molar-refractivity contribution in [2.75, 3.05) is 31.1 Å². The van der Waals surface area contributed by atoms with Gasteiger partial charge in [0, 0.05) is 68.5 Å². The van der Waals surface area contributed by atoms with Gasteiger partial charge in [-0.2, -0.15) is 0 Å². The molecule has 170 valence electrons. The maximum atomic E-state index is 12.8. The van der Waals surface area contributed by atoms with Crippen LogP contribution in [0.2, 0.25) is 0 Å². The summed E-state index contributed by atoms with van der Waals surface area (Å²) in [6.07, 6.45) is 12.1. The van der Waals surface area contributed by atoms with Crippen molar-refractivity contribution in [1.82, 2.24) is 20.2 Å². The van der Waals surface area contributed by atoms with E-state index < -0.39 is 0 Å². The monoisotopic (exact) mass is 435 g/mol. The highest BCUT2D eigenvalue weighted by Crippen LogP contribution is 2.33. The fraction of sp³-hybridized carbons (Fsp3) is 0.480. The number of aromatic amines is 1. The molecule has 7 heteroatoms. The highest BCUT2D eigenvalue weighted by molar-refractivity contribution is 5.88. The predicted molar refractivity (Wildman–Crippen MR) is 128 cm³/mol. The number of pyridine rings is 2. The van der Waals surface area contributed by atoms with Crippen LogP contribution in [-0.2, 0) is 4.79 Å². The lowest BCUT2D eigenvalue weighted by Crippen LogP contribution is -2.42. The third-order valence-electron chi connectivity index (χ3n) is 6.18. The highest BCUT2D eigenvalue weighted by atomic mass is 16.2. The zero-order valence-electron chi connectivity index (χ0n) is 19.0. The Morgan fingerprint density at radius 1 is 1.28 bits per heavy atom.